The molecule has 1 aliphatic heterocycles. The lowest BCUT2D eigenvalue weighted by Gasteiger charge is -2.18. The highest BCUT2D eigenvalue weighted by Gasteiger charge is 2.25. The first-order valence-corrected chi connectivity index (χ1v) is 15.9. The third-order valence-corrected chi connectivity index (χ3v) is 8.20. The maximum Gasteiger partial charge on any atom is 0.184 e. The number of thioether (sulfide) groups is 1. The summed E-state index contributed by atoms with van der Waals surface area (Å²) in [5.74, 6) is 1.80. The van der Waals surface area contributed by atoms with Crippen molar-refractivity contribution in [1.29, 1.82) is 0 Å². The highest BCUT2D eigenvalue weighted by atomic mass is 32.2. The van der Waals surface area contributed by atoms with Crippen LogP contribution in [0.15, 0.2) is 34.1 Å². The maximum absolute atomic E-state index is 12.1. The lowest BCUT2D eigenvalue weighted by Crippen LogP contribution is -2.13. The van der Waals surface area contributed by atoms with E-state index in [9.17, 15) is 13.2 Å². The van der Waals surface area contributed by atoms with Gasteiger partial charge in [-0.1, -0.05) is 13.8 Å². The van der Waals surface area contributed by atoms with E-state index in [1.165, 1.54) is 31.0 Å². The number of hydrogen-bond donors (Lipinski definition) is 2. The Morgan fingerprint density at radius 3 is 2.07 bits per heavy atom. The summed E-state index contributed by atoms with van der Waals surface area (Å²) in [6.45, 7) is 5.68. The number of hydrogen-bond acceptors (Lipinski definition) is 12. The smallest absolute Gasteiger partial charge is 0.184 e. The second-order valence-corrected chi connectivity index (χ2v) is 11.8. The Hall–Kier alpha value is -2.55. The number of methoxy groups -OCH3 is 2. The molecule has 0 amide bonds. The first-order valence-electron chi connectivity index (χ1n) is 13.2. The maximum atomic E-state index is 12.1. The van der Waals surface area contributed by atoms with Crippen LogP contribution in [0.2, 0.25) is 0 Å². The standard InChI is InChI=1S/C15H22O5S.C13H18O6S/c1-3-5-18-14-12(17-2)9-11(15-19-6-7-20-15)10-13(14)21-8-4-16;1-3-5-19-13-11(18-2)7-10(9-15)8-12(13)20(16,17)6-4-14/h9-10,15-16H,3-8H2,1-2H3;7-9,14H,3-6H2,1-2H3. The van der Waals surface area contributed by atoms with Crippen molar-refractivity contribution < 1.29 is 51.8 Å². The van der Waals surface area contributed by atoms with Crippen molar-refractivity contribution in [3.8, 4) is 23.0 Å². The van der Waals surface area contributed by atoms with Crippen LogP contribution in [0.5, 0.6) is 23.0 Å². The van der Waals surface area contributed by atoms with Crippen LogP contribution in [-0.2, 0) is 19.3 Å². The quantitative estimate of drug-likeness (QED) is 0.209. The van der Waals surface area contributed by atoms with Gasteiger partial charge in [0.15, 0.2) is 39.1 Å². The van der Waals surface area contributed by atoms with Crippen molar-refractivity contribution in [2.24, 2.45) is 0 Å². The van der Waals surface area contributed by atoms with Crippen molar-refractivity contribution in [2.75, 3.05) is 65.4 Å². The Balaban J connectivity index is 0.000000287. The topological polar surface area (TPSA) is 147 Å². The third kappa shape index (κ3) is 10.0. The zero-order valence-electron chi connectivity index (χ0n) is 23.9. The van der Waals surface area contributed by atoms with Crippen molar-refractivity contribution >= 4 is 27.9 Å². The molecule has 11 nitrogen and oxygen atoms in total. The molecule has 2 aromatic carbocycles. The number of sulfone groups is 1. The lowest BCUT2D eigenvalue weighted by molar-refractivity contribution is -0.0444. The van der Waals surface area contributed by atoms with E-state index in [1.807, 2.05) is 19.1 Å². The van der Waals surface area contributed by atoms with E-state index in [0.29, 0.717) is 50.6 Å². The summed E-state index contributed by atoms with van der Waals surface area (Å²) in [4.78, 5) is 11.7. The molecule has 0 saturated carbocycles. The number of aliphatic hydroxyl groups excluding tert-OH is 2. The van der Waals surface area contributed by atoms with E-state index in [1.54, 1.807) is 7.11 Å². The monoisotopic (exact) mass is 616 g/mol. The second kappa shape index (κ2) is 18.1. The largest absolute Gasteiger partial charge is 0.493 e. The fraction of sp³-hybridized carbons (Fsp3) is 0.536. The number of aliphatic hydroxyl groups is 2. The highest BCUT2D eigenvalue weighted by molar-refractivity contribution is 7.99. The molecule has 3 rings (SSSR count). The fourth-order valence-corrected chi connectivity index (χ4v) is 5.71. The molecule has 0 bridgehead atoms. The van der Waals surface area contributed by atoms with Gasteiger partial charge in [-0.3, -0.25) is 4.79 Å². The van der Waals surface area contributed by atoms with E-state index in [0.717, 1.165) is 22.6 Å². The Kier molecular flexibility index (Phi) is 15.3. The minimum absolute atomic E-state index is 0.0772. The van der Waals surface area contributed by atoms with Crippen LogP contribution in [0, 0.1) is 0 Å². The molecule has 2 aromatic rings. The number of benzene rings is 2. The van der Waals surface area contributed by atoms with Gasteiger partial charge in [-0.15, -0.1) is 11.8 Å². The summed E-state index contributed by atoms with van der Waals surface area (Å²) in [5, 5.41) is 17.9. The minimum atomic E-state index is -3.75. The molecule has 0 atom stereocenters. The number of carbonyl (C=O) groups excluding carboxylic acids is 1. The van der Waals surface area contributed by atoms with Crippen molar-refractivity contribution in [2.45, 2.75) is 42.8 Å². The molecule has 0 aromatic heterocycles. The molecule has 0 aliphatic carbocycles. The van der Waals surface area contributed by atoms with Crippen LogP contribution in [0.25, 0.3) is 0 Å². The van der Waals surface area contributed by atoms with Gasteiger partial charge in [0.2, 0.25) is 0 Å². The predicted octanol–water partition coefficient (Wildman–Crippen LogP) is 3.68. The zero-order chi connectivity index (χ0) is 30.3. The van der Waals surface area contributed by atoms with Gasteiger partial charge in [-0.2, -0.15) is 0 Å². The van der Waals surface area contributed by atoms with Crippen molar-refractivity contribution in [1.82, 2.24) is 0 Å². The van der Waals surface area contributed by atoms with Gasteiger partial charge in [-0.25, -0.2) is 8.42 Å². The van der Waals surface area contributed by atoms with Gasteiger partial charge in [0.1, 0.15) is 11.2 Å². The minimum Gasteiger partial charge on any atom is -0.493 e. The molecule has 0 spiro atoms. The van der Waals surface area contributed by atoms with Gasteiger partial charge in [0.05, 0.1) is 64.5 Å². The van der Waals surface area contributed by atoms with E-state index >= 15 is 0 Å². The van der Waals surface area contributed by atoms with E-state index in [4.69, 9.17) is 38.6 Å². The van der Waals surface area contributed by atoms with Gasteiger partial charge in [0, 0.05) is 16.9 Å². The van der Waals surface area contributed by atoms with Crippen LogP contribution < -0.4 is 18.9 Å². The average molecular weight is 617 g/mol. The molecule has 0 unspecified atom stereocenters. The van der Waals surface area contributed by atoms with Gasteiger partial charge < -0.3 is 38.6 Å². The SMILES string of the molecule is CCCOc1c(OC)cc(C2OCCO2)cc1SCCO.CCCOc1c(OC)cc(C=O)cc1S(=O)(=O)CCO. The summed E-state index contributed by atoms with van der Waals surface area (Å²) in [6.07, 6.45) is 1.79. The molecule has 2 N–H and O–H groups in total. The molecule has 1 aliphatic rings. The van der Waals surface area contributed by atoms with Crippen LogP contribution in [-0.4, -0.2) is 90.3 Å². The molecule has 13 heteroatoms. The molecule has 1 heterocycles. The number of aldehydes is 1. The molecule has 0 radical (unpaired) electrons. The van der Waals surface area contributed by atoms with Crippen LogP contribution in [0.3, 0.4) is 0 Å². The number of rotatable bonds is 16. The fourth-order valence-electron chi connectivity index (χ4n) is 3.67. The number of ether oxygens (including phenoxy) is 6. The van der Waals surface area contributed by atoms with Crippen molar-refractivity contribution in [3.05, 3.63) is 35.4 Å². The van der Waals surface area contributed by atoms with Gasteiger partial charge in [-0.05, 0) is 37.1 Å². The Morgan fingerprint density at radius 1 is 0.927 bits per heavy atom. The third-order valence-electron chi connectivity index (χ3n) is 5.50. The molecule has 230 valence electrons. The first-order chi connectivity index (χ1) is 19.8. The molecule has 41 heavy (non-hydrogen) atoms. The van der Waals surface area contributed by atoms with Crippen LogP contribution >= 0.6 is 11.8 Å². The first kappa shape index (κ1) is 34.7. The second-order valence-electron chi connectivity index (χ2n) is 8.60. The summed E-state index contributed by atoms with van der Waals surface area (Å²) < 4.78 is 57.2. The Labute approximate surface area is 246 Å². The summed E-state index contributed by atoms with van der Waals surface area (Å²) in [7, 11) is -0.764. The molecular weight excluding hydrogens is 576 g/mol. The Morgan fingerprint density at radius 2 is 1.54 bits per heavy atom. The van der Waals surface area contributed by atoms with Crippen molar-refractivity contribution in [3.63, 3.8) is 0 Å². The van der Waals surface area contributed by atoms with Gasteiger partial charge in [0.25, 0.3) is 0 Å². The summed E-state index contributed by atoms with van der Waals surface area (Å²) >= 11 is 1.53. The van der Waals surface area contributed by atoms with Crippen LogP contribution in [0.4, 0.5) is 0 Å². The average Bonchev–Trinajstić information content (AvgIpc) is 3.53. The lowest BCUT2D eigenvalue weighted by atomic mass is 10.2. The summed E-state index contributed by atoms with van der Waals surface area (Å²) in [5.41, 5.74) is 1.08. The molecule has 1 saturated heterocycles. The van der Waals surface area contributed by atoms with Gasteiger partial charge >= 0.3 is 0 Å². The molecule has 1 fully saturated rings. The Bertz CT molecular complexity index is 1200. The zero-order valence-corrected chi connectivity index (χ0v) is 25.6. The van der Waals surface area contributed by atoms with E-state index in [-0.39, 0.29) is 34.9 Å². The van der Waals surface area contributed by atoms with Crippen LogP contribution in [0.1, 0.15) is 48.9 Å². The summed E-state index contributed by atoms with van der Waals surface area (Å²) in [6, 6.07) is 6.52. The number of carbonyl (C=O) groups is 1. The predicted molar refractivity (Wildman–Crippen MR) is 155 cm³/mol. The highest BCUT2D eigenvalue weighted by Crippen LogP contribution is 2.42. The normalized spacial score (nSPS) is 13.3. The van der Waals surface area contributed by atoms with E-state index < -0.39 is 22.2 Å². The van der Waals surface area contributed by atoms with E-state index in [2.05, 4.69) is 6.92 Å². The molecular formula is C28H40O11S2.